The van der Waals surface area contributed by atoms with Gasteiger partial charge in [0.05, 0.1) is 4.34 Å². The Kier molecular flexibility index (Phi) is 5.70. The lowest BCUT2D eigenvalue weighted by molar-refractivity contribution is -0.120. The molecule has 5 nitrogen and oxygen atoms in total. The van der Waals surface area contributed by atoms with Crippen molar-refractivity contribution in [2.45, 2.75) is 29.5 Å². The number of piperidine rings is 1. The summed E-state index contributed by atoms with van der Waals surface area (Å²) in [5, 5.41) is 3.34. The van der Waals surface area contributed by atoms with Crippen molar-refractivity contribution in [2.24, 2.45) is 0 Å². The molecule has 2 heterocycles. The first-order valence-corrected chi connectivity index (χ1v) is 10.7. The van der Waals surface area contributed by atoms with Gasteiger partial charge in [-0.25, -0.2) is 8.42 Å². The molecule has 0 bridgehead atoms. The first-order valence-electron chi connectivity index (χ1n) is 7.71. The molecule has 1 N–H and O–H groups in total. The molecule has 0 aliphatic carbocycles. The SMILES string of the molecule is O=C(Nc1ccc(Cl)cc1)[C@@H]1CCCCN1S(=O)(=O)c1ccc(Cl)s1. The van der Waals surface area contributed by atoms with Crippen LogP contribution in [0.4, 0.5) is 5.69 Å². The zero-order valence-corrected chi connectivity index (χ0v) is 16.3. The van der Waals surface area contributed by atoms with Crippen molar-refractivity contribution in [3.63, 3.8) is 0 Å². The second-order valence-electron chi connectivity index (χ2n) is 5.68. The van der Waals surface area contributed by atoms with Gasteiger partial charge in [0.15, 0.2) is 0 Å². The summed E-state index contributed by atoms with van der Waals surface area (Å²) >= 11 is 12.7. The lowest BCUT2D eigenvalue weighted by Gasteiger charge is -2.33. The van der Waals surface area contributed by atoms with Crippen LogP contribution in [0.3, 0.4) is 0 Å². The van der Waals surface area contributed by atoms with Crippen LogP contribution in [-0.4, -0.2) is 31.2 Å². The van der Waals surface area contributed by atoms with Gasteiger partial charge in [0.25, 0.3) is 10.0 Å². The number of nitrogens with zero attached hydrogens (tertiary/aromatic N) is 1. The van der Waals surface area contributed by atoms with E-state index < -0.39 is 16.1 Å². The van der Waals surface area contributed by atoms with Crippen LogP contribution in [0.2, 0.25) is 9.36 Å². The van der Waals surface area contributed by atoms with Crippen molar-refractivity contribution in [2.75, 3.05) is 11.9 Å². The lowest BCUT2D eigenvalue weighted by Crippen LogP contribution is -2.49. The molecule has 1 aromatic carbocycles. The fourth-order valence-corrected chi connectivity index (χ4v) is 6.16. The molecular weight excluding hydrogens is 403 g/mol. The number of anilines is 1. The van der Waals surface area contributed by atoms with Gasteiger partial charge in [-0.05, 0) is 49.2 Å². The minimum absolute atomic E-state index is 0.156. The zero-order chi connectivity index (χ0) is 18.0. The maximum Gasteiger partial charge on any atom is 0.253 e. The fraction of sp³-hybridized carbons (Fsp3) is 0.312. The van der Waals surface area contributed by atoms with E-state index in [0.29, 0.717) is 28.0 Å². The summed E-state index contributed by atoms with van der Waals surface area (Å²) in [7, 11) is -3.75. The lowest BCUT2D eigenvalue weighted by atomic mass is 10.0. The van der Waals surface area contributed by atoms with Crippen molar-refractivity contribution in [3.05, 3.63) is 45.8 Å². The minimum atomic E-state index is -3.75. The van der Waals surface area contributed by atoms with Crippen molar-refractivity contribution >= 4 is 56.2 Å². The van der Waals surface area contributed by atoms with E-state index in [1.165, 1.54) is 10.4 Å². The Morgan fingerprint density at radius 3 is 2.48 bits per heavy atom. The molecule has 0 saturated carbocycles. The monoisotopic (exact) mass is 418 g/mol. The van der Waals surface area contributed by atoms with Gasteiger partial charge in [0.1, 0.15) is 10.3 Å². The summed E-state index contributed by atoms with van der Waals surface area (Å²) in [5.74, 6) is -0.340. The van der Waals surface area contributed by atoms with Crippen LogP contribution in [-0.2, 0) is 14.8 Å². The molecule has 25 heavy (non-hydrogen) atoms. The van der Waals surface area contributed by atoms with Crippen LogP contribution in [0.25, 0.3) is 0 Å². The van der Waals surface area contributed by atoms with E-state index in [-0.39, 0.29) is 10.1 Å². The number of carbonyl (C=O) groups excluding carboxylic acids is 1. The summed E-state index contributed by atoms with van der Waals surface area (Å²) in [6.45, 7) is 0.316. The Bertz CT molecular complexity index is 866. The Morgan fingerprint density at radius 1 is 1.12 bits per heavy atom. The summed E-state index contributed by atoms with van der Waals surface area (Å²) in [6.07, 6.45) is 2.01. The van der Waals surface area contributed by atoms with Gasteiger partial charge < -0.3 is 5.32 Å². The number of amides is 1. The molecule has 0 radical (unpaired) electrons. The van der Waals surface area contributed by atoms with Gasteiger partial charge in [-0.1, -0.05) is 29.6 Å². The van der Waals surface area contributed by atoms with Gasteiger partial charge in [0, 0.05) is 17.3 Å². The predicted molar refractivity (Wildman–Crippen MR) is 101 cm³/mol. The average Bonchev–Trinajstić information content (AvgIpc) is 3.04. The van der Waals surface area contributed by atoms with Crippen molar-refractivity contribution in [3.8, 4) is 0 Å². The first-order chi connectivity index (χ1) is 11.9. The van der Waals surface area contributed by atoms with E-state index in [2.05, 4.69) is 5.32 Å². The third-order valence-corrected chi connectivity index (χ3v) is 7.84. The second-order valence-corrected chi connectivity index (χ2v) is 9.95. The molecule has 3 rings (SSSR count). The highest BCUT2D eigenvalue weighted by molar-refractivity contribution is 7.91. The van der Waals surface area contributed by atoms with Gasteiger partial charge in [-0.15, -0.1) is 11.3 Å². The Balaban J connectivity index is 1.83. The first kappa shape index (κ1) is 18.7. The summed E-state index contributed by atoms with van der Waals surface area (Å²) < 4.78 is 27.6. The largest absolute Gasteiger partial charge is 0.325 e. The van der Waals surface area contributed by atoms with Crippen LogP contribution in [0.5, 0.6) is 0 Å². The maximum atomic E-state index is 12.9. The number of carbonyl (C=O) groups is 1. The summed E-state index contributed by atoms with van der Waals surface area (Å²) in [6, 6.07) is 8.98. The van der Waals surface area contributed by atoms with Crippen LogP contribution < -0.4 is 5.32 Å². The normalized spacial score (nSPS) is 18.9. The van der Waals surface area contributed by atoms with E-state index in [1.807, 2.05) is 0 Å². The highest BCUT2D eigenvalue weighted by atomic mass is 35.5. The van der Waals surface area contributed by atoms with E-state index in [1.54, 1.807) is 30.3 Å². The molecular formula is C16H16Cl2N2O3S2. The number of sulfonamides is 1. The van der Waals surface area contributed by atoms with Crippen LogP contribution in [0.1, 0.15) is 19.3 Å². The number of rotatable bonds is 4. The molecule has 0 spiro atoms. The molecule has 0 unspecified atom stereocenters. The minimum Gasteiger partial charge on any atom is -0.325 e. The number of thiophene rings is 1. The molecule has 1 aliphatic rings. The molecule has 2 aromatic rings. The Hall–Kier alpha value is -1.12. The highest BCUT2D eigenvalue weighted by Crippen LogP contribution is 2.32. The molecule has 1 aliphatic heterocycles. The van der Waals surface area contributed by atoms with Crippen molar-refractivity contribution < 1.29 is 13.2 Å². The Morgan fingerprint density at radius 2 is 1.84 bits per heavy atom. The van der Waals surface area contributed by atoms with E-state index in [0.717, 1.165) is 24.2 Å². The molecule has 1 aromatic heterocycles. The smallest absolute Gasteiger partial charge is 0.253 e. The number of halogens is 2. The number of nitrogens with one attached hydrogen (secondary N) is 1. The van der Waals surface area contributed by atoms with Gasteiger partial charge in [-0.3, -0.25) is 4.79 Å². The predicted octanol–water partition coefficient (Wildman–Crippen LogP) is 4.24. The highest BCUT2D eigenvalue weighted by Gasteiger charge is 2.38. The topological polar surface area (TPSA) is 66.5 Å². The maximum absolute atomic E-state index is 12.9. The van der Waals surface area contributed by atoms with Crippen LogP contribution >= 0.6 is 34.5 Å². The number of hydrogen-bond donors (Lipinski definition) is 1. The second kappa shape index (κ2) is 7.63. The molecule has 1 fully saturated rings. The van der Waals surface area contributed by atoms with Gasteiger partial charge >= 0.3 is 0 Å². The Labute approximate surface area is 160 Å². The van der Waals surface area contributed by atoms with Crippen molar-refractivity contribution in [1.82, 2.24) is 4.31 Å². The summed E-state index contributed by atoms with van der Waals surface area (Å²) in [5.41, 5.74) is 0.580. The third-order valence-electron chi connectivity index (χ3n) is 3.98. The molecule has 1 atom stereocenters. The molecule has 134 valence electrons. The molecule has 9 heteroatoms. The summed E-state index contributed by atoms with van der Waals surface area (Å²) in [4.78, 5) is 12.7. The van der Waals surface area contributed by atoms with Crippen molar-refractivity contribution in [1.29, 1.82) is 0 Å². The van der Waals surface area contributed by atoms with Crippen LogP contribution in [0.15, 0.2) is 40.6 Å². The van der Waals surface area contributed by atoms with Gasteiger partial charge in [-0.2, -0.15) is 4.31 Å². The fourth-order valence-electron chi connectivity index (χ4n) is 2.77. The molecule has 1 saturated heterocycles. The van der Waals surface area contributed by atoms with E-state index in [4.69, 9.17) is 23.2 Å². The quantitative estimate of drug-likeness (QED) is 0.806. The molecule has 1 amide bonds. The number of hydrogen-bond acceptors (Lipinski definition) is 4. The van der Waals surface area contributed by atoms with Gasteiger partial charge in [0.2, 0.25) is 5.91 Å². The van der Waals surface area contributed by atoms with E-state index in [9.17, 15) is 13.2 Å². The number of benzene rings is 1. The average molecular weight is 419 g/mol. The zero-order valence-electron chi connectivity index (χ0n) is 13.1. The third kappa shape index (κ3) is 4.17. The van der Waals surface area contributed by atoms with Crippen LogP contribution in [0, 0.1) is 0 Å². The standard InChI is InChI=1S/C16H16Cl2N2O3S2/c17-11-4-6-12(7-5-11)19-16(21)13-3-1-2-10-20(13)25(22,23)15-9-8-14(18)24-15/h4-9,13H,1-3,10H2,(H,19,21)/t13-/m0/s1. The van der Waals surface area contributed by atoms with E-state index >= 15 is 0 Å².